The van der Waals surface area contributed by atoms with Gasteiger partial charge in [-0.05, 0) is 64.1 Å². The normalized spacial score (nSPS) is 21.0. The summed E-state index contributed by atoms with van der Waals surface area (Å²) in [6, 6.07) is 66.6. The molecular weight excluding hydrogens is 744 g/mol. The first-order valence-corrected chi connectivity index (χ1v) is 20.1. The third kappa shape index (κ3) is 6.42. The summed E-state index contributed by atoms with van der Waals surface area (Å²) in [4.78, 5) is 0. The number of rotatable bonds is 10. The fraction of sp³-hybridized carbons (Fsp3) is 0.106. The van der Waals surface area contributed by atoms with Crippen molar-refractivity contribution in [2.45, 2.75) is 28.8 Å². The Kier molecular flexibility index (Phi) is 10.1. The summed E-state index contributed by atoms with van der Waals surface area (Å²) >= 11 is 0. The highest BCUT2D eigenvalue weighted by Gasteiger charge is 2.68. The molecule has 7 aromatic carbocycles. The summed E-state index contributed by atoms with van der Waals surface area (Å²) in [5.41, 5.74) is 4.04. The van der Waals surface area contributed by atoms with Crippen LogP contribution < -0.4 is 9.31 Å². The van der Waals surface area contributed by atoms with Gasteiger partial charge in [0.15, 0.2) is 0 Å². The molecule has 0 N–H and O–H groups in total. The van der Waals surface area contributed by atoms with Crippen LogP contribution in [0.2, 0.25) is 0 Å². The van der Waals surface area contributed by atoms with E-state index in [2.05, 4.69) is 67.0 Å². The van der Waals surface area contributed by atoms with Crippen molar-refractivity contribution in [3.63, 3.8) is 0 Å². The van der Waals surface area contributed by atoms with E-state index >= 15 is 0 Å². The average Bonchev–Trinajstić information content (AvgIpc) is 3.76. The lowest BCUT2D eigenvalue weighted by atomic mass is 9.66. The number of aryl methyl sites for hydroxylation is 1. The van der Waals surface area contributed by atoms with Crippen LogP contribution in [-0.2, 0) is 40.5 Å². The number of hydrogen-bond acceptors (Lipinski definition) is 6. The molecule has 4 atom stereocenters. The van der Waals surface area contributed by atoms with Crippen LogP contribution in [0.4, 0.5) is 0 Å². The Morgan fingerprint density at radius 1 is 0.386 bits per heavy atom. The molecule has 57 heavy (non-hydrogen) atoms. The number of benzene rings is 7. The largest absolute Gasteiger partial charge is 0.715 e. The van der Waals surface area contributed by atoms with Gasteiger partial charge in [0.1, 0.15) is 33.4 Å². The van der Waals surface area contributed by atoms with E-state index in [0.29, 0.717) is 11.5 Å². The van der Waals surface area contributed by atoms with Gasteiger partial charge >= 0.3 is 14.6 Å². The molecule has 2 saturated heterocycles. The van der Waals surface area contributed by atoms with Gasteiger partial charge in [0.05, 0.1) is 0 Å². The highest BCUT2D eigenvalue weighted by atomic mass is 31.0. The smallest absolute Gasteiger partial charge is 0.512 e. The van der Waals surface area contributed by atoms with Gasteiger partial charge in [-0.3, -0.25) is 0 Å². The zero-order chi connectivity index (χ0) is 38.9. The van der Waals surface area contributed by atoms with Gasteiger partial charge in [-0.25, -0.2) is 0 Å². The minimum Gasteiger partial charge on any atom is -0.512 e. The lowest BCUT2D eigenvalue weighted by Crippen LogP contribution is -2.48. The molecule has 0 amide bonds. The zero-order valence-electron chi connectivity index (χ0n) is 31.3. The van der Waals surface area contributed by atoms with Gasteiger partial charge in [0.2, 0.25) is 0 Å². The van der Waals surface area contributed by atoms with E-state index in [-0.39, 0.29) is 0 Å². The van der Waals surface area contributed by atoms with Gasteiger partial charge in [-0.15, -0.1) is 0 Å². The first kappa shape index (κ1) is 37.5. The highest BCUT2D eigenvalue weighted by molar-refractivity contribution is 7.24. The molecule has 280 valence electrons. The van der Waals surface area contributed by atoms with E-state index in [9.17, 15) is 0 Å². The van der Waals surface area contributed by atoms with E-state index in [4.69, 9.17) is 27.9 Å². The van der Waals surface area contributed by atoms with Crippen LogP contribution >= 0.6 is 18.5 Å². The second kappa shape index (κ2) is 15.4. The van der Waals surface area contributed by atoms with E-state index in [0.717, 1.165) is 38.9 Å². The average molecular weight is 784 g/mol. The maximum absolute atomic E-state index is 7.25. The molecular formula is C47H40B2O6P2. The third-order valence-corrected chi connectivity index (χ3v) is 13.0. The summed E-state index contributed by atoms with van der Waals surface area (Å²) in [6.45, 7) is 1.96. The van der Waals surface area contributed by atoms with E-state index in [1.54, 1.807) is 0 Å². The lowest BCUT2D eigenvalue weighted by molar-refractivity contribution is 0.00370. The standard InChI is InChI=1S/C47H40B2O6P2/c1-35-34-42(50-48-54-46(56,40-28-16-6-17-29-40)47(57,55-48)41-30-18-7-19-31-41)32-33-43(35)51-49-52-44(36-20-8-2-9-21-36,37-22-10-3-11-23-37)45(53-49,38-24-12-4-13-25-38)39-26-14-5-15-27-39/h2-34H,56-57H2,1H3. The maximum atomic E-state index is 7.25. The topological polar surface area (TPSA) is 55.4 Å². The molecule has 2 heterocycles. The van der Waals surface area contributed by atoms with Crippen LogP contribution in [0.25, 0.3) is 0 Å². The quantitative estimate of drug-likeness (QED) is 0.102. The Balaban J connectivity index is 1.07. The van der Waals surface area contributed by atoms with Crippen molar-refractivity contribution < 1.29 is 27.9 Å². The van der Waals surface area contributed by atoms with Crippen molar-refractivity contribution in [2.75, 3.05) is 0 Å². The number of hydrogen-bond donors (Lipinski definition) is 0. The molecule has 10 heteroatoms. The van der Waals surface area contributed by atoms with Crippen molar-refractivity contribution in [1.82, 2.24) is 0 Å². The molecule has 2 aliphatic heterocycles. The predicted octanol–water partition coefficient (Wildman–Crippen LogP) is 10.2. The molecule has 2 aliphatic rings. The molecule has 0 saturated carbocycles. The minimum atomic E-state index is -1.16. The summed E-state index contributed by atoms with van der Waals surface area (Å²) in [5, 5.41) is -1.93. The Morgan fingerprint density at radius 3 is 1.04 bits per heavy atom. The van der Waals surface area contributed by atoms with Crippen LogP contribution in [-0.4, -0.2) is 14.6 Å². The monoisotopic (exact) mass is 784 g/mol. The lowest BCUT2D eigenvalue weighted by Gasteiger charge is -2.45. The first-order chi connectivity index (χ1) is 27.9. The Bertz CT molecular complexity index is 2210. The molecule has 0 bridgehead atoms. The molecule has 0 aromatic heterocycles. The molecule has 0 aliphatic carbocycles. The van der Waals surface area contributed by atoms with Crippen LogP contribution in [0.5, 0.6) is 11.5 Å². The van der Waals surface area contributed by atoms with E-state index < -0.39 is 36.5 Å². The summed E-state index contributed by atoms with van der Waals surface area (Å²) in [6.07, 6.45) is 0. The Hall–Kier alpha value is -5.03. The van der Waals surface area contributed by atoms with Gasteiger partial charge in [-0.1, -0.05) is 200 Å². The molecule has 9 rings (SSSR count). The van der Waals surface area contributed by atoms with Crippen LogP contribution in [0.3, 0.4) is 0 Å². The summed E-state index contributed by atoms with van der Waals surface area (Å²) < 4.78 is 40.9. The van der Waals surface area contributed by atoms with Crippen LogP contribution in [0.15, 0.2) is 200 Å². The van der Waals surface area contributed by atoms with Gasteiger partial charge < -0.3 is 27.9 Å². The predicted molar refractivity (Wildman–Crippen MR) is 231 cm³/mol. The second-order valence-electron chi connectivity index (χ2n) is 14.2. The van der Waals surface area contributed by atoms with Crippen LogP contribution in [0, 0.1) is 6.92 Å². The molecule has 4 unspecified atom stereocenters. The van der Waals surface area contributed by atoms with Crippen molar-refractivity contribution >= 4 is 33.1 Å². The van der Waals surface area contributed by atoms with E-state index in [1.165, 1.54) is 0 Å². The van der Waals surface area contributed by atoms with E-state index in [1.807, 2.05) is 159 Å². The Labute approximate surface area is 339 Å². The zero-order valence-corrected chi connectivity index (χ0v) is 33.6. The molecule has 6 nitrogen and oxygen atoms in total. The SMILES string of the molecule is Cc1cc(OB2OC(P)(c3ccccc3)C(P)(c3ccccc3)O2)ccc1OB1OC(c2ccccc2)(c2ccccc2)C(c2ccccc2)(c2ccccc2)O1. The third-order valence-electron chi connectivity index (χ3n) is 10.9. The second-order valence-corrected chi connectivity index (χ2v) is 15.9. The highest BCUT2D eigenvalue weighted by Crippen LogP contribution is 2.61. The Morgan fingerprint density at radius 2 is 0.702 bits per heavy atom. The van der Waals surface area contributed by atoms with Gasteiger partial charge in [0, 0.05) is 0 Å². The van der Waals surface area contributed by atoms with Crippen molar-refractivity contribution in [1.29, 1.82) is 0 Å². The molecule has 0 radical (unpaired) electrons. The van der Waals surface area contributed by atoms with Crippen molar-refractivity contribution in [2.24, 2.45) is 0 Å². The molecule has 2 fully saturated rings. The van der Waals surface area contributed by atoms with Gasteiger partial charge in [0.25, 0.3) is 0 Å². The first-order valence-electron chi connectivity index (χ1n) is 18.9. The van der Waals surface area contributed by atoms with Gasteiger partial charge in [-0.2, -0.15) is 0 Å². The fourth-order valence-electron chi connectivity index (χ4n) is 8.17. The summed E-state index contributed by atoms with van der Waals surface area (Å²) in [7, 11) is 3.61. The van der Waals surface area contributed by atoms with Crippen LogP contribution in [0.1, 0.15) is 38.9 Å². The maximum Gasteiger partial charge on any atom is 0.715 e. The molecule has 0 spiro atoms. The fourth-order valence-corrected chi connectivity index (χ4v) is 9.24. The molecule has 7 aromatic rings. The minimum absolute atomic E-state index is 0.548. The van der Waals surface area contributed by atoms with Crippen molar-refractivity contribution in [3.8, 4) is 11.5 Å². The van der Waals surface area contributed by atoms with Crippen molar-refractivity contribution in [3.05, 3.63) is 239 Å². The summed E-state index contributed by atoms with van der Waals surface area (Å²) in [5.74, 6) is 1.12.